The summed E-state index contributed by atoms with van der Waals surface area (Å²) in [7, 11) is 0. The van der Waals surface area contributed by atoms with Crippen molar-refractivity contribution < 1.29 is 14.3 Å². The molecule has 2 aromatic carbocycles. The van der Waals surface area contributed by atoms with Crippen molar-refractivity contribution in [1.29, 1.82) is 0 Å². The predicted molar refractivity (Wildman–Crippen MR) is 105 cm³/mol. The van der Waals surface area contributed by atoms with E-state index in [2.05, 4.69) is 22.3 Å². The fraction of sp³-hybridized carbons (Fsp3) is 0.318. The number of nitrogens with zero attached hydrogens (tertiary/aromatic N) is 1. The summed E-state index contributed by atoms with van der Waals surface area (Å²) < 4.78 is 10.7. The highest BCUT2D eigenvalue weighted by atomic mass is 16.7. The van der Waals surface area contributed by atoms with Crippen molar-refractivity contribution in [3.63, 3.8) is 0 Å². The van der Waals surface area contributed by atoms with Gasteiger partial charge < -0.3 is 19.7 Å². The number of amides is 1. The van der Waals surface area contributed by atoms with Crippen LogP contribution in [0.15, 0.2) is 54.6 Å². The highest BCUT2D eigenvalue weighted by Crippen LogP contribution is 2.32. The van der Waals surface area contributed by atoms with Crippen molar-refractivity contribution in [2.24, 2.45) is 0 Å². The van der Waals surface area contributed by atoms with Crippen LogP contribution in [0, 0.1) is 0 Å². The van der Waals surface area contributed by atoms with Crippen molar-refractivity contribution in [3.8, 4) is 11.5 Å². The van der Waals surface area contributed by atoms with Gasteiger partial charge in [-0.2, -0.15) is 0 Å². The monoisotopic (exact) mass is 364 g/mol. The Morgan fingerprint density at radius 3 is 2.67 bits per heavy atom. The number of rotatable bonds is 6. The highest BCUT2D eigenvalue weighted by molar-refractivity contribution is 5.92. The Bertz CT molecular complexity index is 814. The minimum atomic E-state index is -0.0966. The van der Waals surface area contributed by atoms with Gasteiger partial charge in [0.25, 0.3) is 0 Å². The zero-order valence-corrected chi connectivity index (χ0v) is 15.3. The molecule has 1 saturated heterocycles. The Kier molecular flexibility index (Phi) is 5.39. The van der Waals surface area contributed by atoms with Crippen LogP contribution in [-0.4, -0.2) is 37.2 Å². The normalized spacial score (nSPS) is 17.3. The lowest BCUT2D eigenvalue weighted by Crippen LogP contribution is -2.36. The summed E-state index contributed by atoms with van der Waals surface area (Å²) in [5.41, 5.74) is 2.04. The molecular weight excluding hydrogens is 340 g/mol. The number of carbonyl (C=O) groups excluding carboxylic acids is 1. The largest absolute Gasteiger partial charge is 0.454 e. The third kappa shape index (κ3) is 4.49. The van der Waals surface area contributed by atoms with Crippen LogP contribution in [0.4, 0.5) is 0 Å². The number of hydrogen-bond donors (Lipinski definition) is 1. The molecule has 140 valence electrons. The fourth-order valence-corrected chi connectivity index (χ4v) is 3.55. The molecule has 1 amide bonds. The second-order valence-corrected chi connectivity index (χ2v) is 6.93. The molecule has 1 fully saturated rings. The van der Waals surface area contributed by atoms with Gasteiger partial charge in [0.2, 0.25) is 12.7 Å². The zero-order chi connectivity index (χ0) is 18.5. The first kappa shape index (κ1) is 17.6. The Hall–Kier alpha value is -2.79. The van der Waals surface area contributed by atoms with Crippen LogP contribution < -0.4 is 14.8 Å². The average molecular weight is 364 g/mol. The van der Waals surface area contributed by atoms with Crippen LogP contribution in [0.1, 0.15) is 30.0 Å². The summed E-state index contributed by atoms with van der Waals surface area (Å²) >= 11 is 0. The minimum absolute atomic E-state index is 0.0156. The van der Waals surface area contributed by atoms with E-state index in [4.69, 9.17) is 9.47 Å². The SMILES string of the molecule is O=C(/C=C/c1ccc2c(c1)OCO2)NC(CN1CCCC1)c1ccccc1. The average Bonchev–Trinajstić information content (AvgIpc) is 3.38. The molecule has 5 heteroatoms. The molecule has 0 radical (unpaired) electrons. The Labute approximate surface area is 159 Å². The smallest absolute Gasteiger partial charge is 0.244 e. The number of ether oxygens (including phenoxy) is 2. The van der Waals surface area contributed by atoms with Gasteiger partial charge in [0, 0.05) is 12.6 Å². The molecule has 1 atom stereocenters. The number of benzene rings is 2. The van der Waals surface area contributed by atoms with Crippen LogP contribution in [0.3, 0.4) is 0 Å². The molecule has 0 spiro atoms. The summed E-state index contributed by atoms with van der Waals surface area (Å²) in [4.78, 5) is 15.0. The molecule has 1 N–H and O–H groups in total. The van der Waals surface area contributed by atoms with Crippen LogP contribution in [-0.2, 0) is 4.79 Å². The molecule has 0 saturated carbocycles. The first-order chi connectivity index (χ1) is 13.3. The van der Waals surface area contributed by atoms with Gasteiger partial charge in [-0.3, -0.25) is 4.79 Å². The topological polar surface area (TPSA) is 50.8 Å². The van der Waals surface area contributed by atoms with E-state index in [1.54, 1.807) is 12.2 Å². The van der Waals surface area contributed by atoms with Gasteiger partial charge in [-0.15, -0.1) is 0 Å². The van der Waals surface area contributed by atoms with Crippen molar-refractivity contribution in [2.45, 2.75) is 18.9 Å². The minimum Gasteiger partial charge on any atom is -0.454 e. The van der Waals surface area contributed by atoms with Gasteiger partial charge in [-0.1, -0.05) is 36.4 Å². The molecule has 2 aliphatic rings. The molecule has 2 heterocycles. The van der Waals surface area contributed by atoms with Crippen molar-refractivity contribution in [3.05, 3.63) is 65.7 Å². The lowest BCUT2D eigenvalue weighted by Gasteiger charge is -2.24. The number of hydrogen-bond acceptors (Lipinski definition) is 4. The van der Waals surface area contributed by atoms with Gasteiger partial charge in [0.15, 0.2) is 11.5 Å². The Balaban J connectivity index is 1.43. The summed E-state index contributed by atoms with van der Waals surface area (Å²) in [6, 6.07) is 15.8. The number of likely N-dealkylation sites (tertiary alicyclic amines) is 1. The second-order valence-electron chi connectivity index (χ2n) is 6.93. The van der Waals surface area contributed by atoms with Crippen molar-refractivity contribution in [1.82, 2.24) is 10.2 Å². The molecule has 1 unspecified atom stereocenters. The maximum absolute atomic E-state index is 12.5. The summed E-state index contributed by atoms with van der Waals surface area (Å²) in [6.45, 7) is 3.30. The van der Waals surface area contributed by atoms with Crippen LogP contribution in [0.2, 0.25) is 0 Å². The molecule has 2 aromatic rings. The van der Waals surface area contributed by atoms with E-state index in [0.29, 0.717) is 5.75 Å². The van der Waals surface area contributed by atoms with E-state index in [9.17, 15) is 4.79 Å². The van der Waals surface area contributed by atoms with Crippen LogP contribution >= 0.6 is 0 Å². The first-order valence-corrected chi connectivity index (χ1v) is 9.43. The number of carbonyl (C=O) groups is 1. The van der Waals surface area contributed by atoms with Gasteiger partial charge in [-0.05, 0) is 55.3 Å². The third-order valence-corrected chi connectivity index (χ3v) is 4.98. The Morgan fingerprint density at radius 1 is 1.07 bits per heavy atom. The van der Waals surface area contributed by atoms with Crippen molar-refractivity contribution >= 4 is 12.0 Å². The molecule has 5 nitrogen and oxygen atoms in total. The number of nitrogens with one attached hydrogen (secondary N) is 1. The highest BCUT2D eigenvalue weighted by Gasteiger charge is 2.20. The maximum Gasteiger partial charge on any atom is 0.244 e. The Morgan fingerprint density at radius 2 is 1.85 bits per heavy atom. The molecule has 0 bridgehead atoms. The van der Waals surface area contributed by atoms with E-state index in [-0.39, 0.29) is 18.7 Å². The molecule has 27 heavy (non-hydrogen) atoms. The zero-order valence-electron chi connectivity index (χ0n) is 15.3. The van der Waals surface area contributed by atoms with E-state index < -0.39 is 0 Å². The molecule has 4 rings (SSSR count). The van der Waals surface area contributed by atoms with Crippen LogP contribution in [0.5, 0.6) is 11.5 Å². The molecule has 2 aliphatic heterocycles. The first-order valence-electron chi connectivity index (χ1n) is 9.43. The van der Waals surface area contributed by atoms with E-state index in [1.807, 2.05) is 36.4 Å². The second kappa shape index (κ2) is 8.27. The standard InChI is InChI=1S/C22H24N2O3/c25-22(11-9-17-8-10-20-21(14-17)27-16-26-20)23-19(15-24-12-4-5-13-24)18-6-2-1-3-7-18/h1-3,6-11,14,19H,4-5,12-13,15-16H2,(H,23,25)/b11-9+. The quantitative estimate of drug-likeness (QED) is 0.799. The van der Waals surface area contributed by atoms with E-state index >= 15 is 0 Å². The summed E-state index contributed by atoms with van der Waals surface area (Å²) in [6.07, 6.45) is 5.85. The maximum atomic E-state index is 12.5. The lowest BCUT2D eigenvalue weighted by atomic mass is 10.1. The summed E-state index contributed by atoms with van der Waals surface area (Å²) in [5.74, 6) is 1.36. The lowest BCUT2D eigenvalue weighted by molar-refractivity contribution is -0.117. The number of fused-ring (bicyclic) bond motifs is 1. The molecular formula is C22H24N2O3. The van der Waals surface area contributed by atoms with Crippen molar-refractivity contribution in [2.75, 3.05) is 26.4 Å². The molecule has 0 aromatic heterocycles. The summed E-state index contributed by atoms with van der Waals surface area (Å²) in [5, 5.41) is 3.16. The third-order valence-electron chi connectivity index (χ3n) is 4.98. The van der Waals surface area contributed by atoms with Gasteiger partial charge >= 0.3 is 0 Å². The van der Waals surface area contributed by atoms with E-state index in [1.165, 1.54) is 12.8 Å². The van der Waals surface area contributed by atoms with Gasteiger partial charge in [0.05, 0.1) is 6.04 Å². The van der Waals surface area contributed by atoms with Crippen LogP contribution in [0.25, 0.3) is 6.08 Å². The van der Waals surface area contributed by atoms with Gasteiger partial charge in [0.1, 0.15) is 0 Å². The van der Waals surface area contributed by atoms with Gasteiger partial charge in [-0.25, -0.2) is 0 Å². The fourth-order valence-electron chi connectivity index (χ4n) is 3.55. The molecule has 0 aliphatic carbocycles. The van der Waals surface area contributed by atoms with E-state index in [0.717, 1.165) is 36.5 Å². The predicted octanol–water partition coefficient (Wildman–Crippen LogP) is 3.38.